The van der Waals surface area contributed by atoms with E-state index in [-0.39, 0.29) is 18.8 Å². The Kier molecular flexibility index (Phi) is 4.74. The van der Waals surface area contributed by atoms with Crippen LogP contribution in [0.5, 0.6) is 0 Å². The van der Waals surface area contributed by atoms with E-state index in [0.29, 0.717) is 16.2 Å². The predicted molar refractivity (Wildman–Crippen MR) is 76.4 cm³/mol. The molecule has 0 aliphatic carbocycles. The van der Waals surface area contributed by atoms with Gasteiger partial charge in [-0.3, -0.25) is 9.59 Å². The fourth-order valence-corrected chi connectivity index (χ4v) is 2.86. The molecule has 5 heteroatoms. The Bertz CT molecular complexity index is 589. The highest BCUT2D eigenvalue weighted by Gasteiger charge is 2.22. The number of fused-ring (bicyclic) bond motifs is 1. The Morgan fingerprint density at radius 2 is 2.10 bits per heavy atom. The van der Waals surface area contributed by atoms with E-state index >= 15 is 0 Å². The first-order valence-corrected chi connectivity index (χ1v) is 7.27. The largest absolute Gasteiger partial charge is 0.460 e. The van der Waals surface area contributed by atoms with Gasteiger partial charge in [-0.05, 0) is 12.5 Å². The molecule has 0 unspecified atom stereocenters. The Morgan fingerprint density at radius 1 is 1.35 bits per heavy atom. The summed E-state index contributed by atoms with van der Waals surface area (Å²) in [7, 11) is 0. The zero-order valence-electron chi connectivity index (χ0n) is 11.0. The van der Waals surface area contributed by atoms with Crippen molar-refractivity contribution in [3.63, 3.8) is 0 Å². The van der Waals surface area contributed by atoms with Gasteiger partial charge in [-0.25, -0.2) is 4.79 Å². The van der Waals surface area contributed by atoms with Crippen molar-refractivity contribution in [3.05, 3.63) is 46.4 Å². The third kappa shape index (κ3) is 3.17. The lowest BCUT2D eigenvalue weighted by atomic mass is 10.0. The van der Waals surface area contributed by atoms with E-state index < -0.39 is 11.8 Å². The summed E-state index contributed by atoms with van der Waals surface area (Å²) in [5.74, 6) is -0.875. The van der Waals surface area contributed by atoms with Crippen LogP contribution in [0.25, 0.3) is 0 Å². The van der Waals surface area contributed by atoms with Crippen LogP contribution >= 0.6 is 11.8 Å². The lowest BCUT2D eigenvalue weighted by molar-refractivity contribution is -0.153. The number of carbonyl (C=O) groups is 3. The van der Waals surface area contributed by atoms with Gasteiger partial charge in [-0.2, -0.15) is 0 Å². The number of thioether (sulfide) groups is 1. The van der Waals surface area contributed by atoms with Gasteiger partial charge < -0.3 is 4.74 Å². The van der Waals surface area contributed by atoms with Crippen LogP contribution in [0.1, 0.15) is 29.3 Å². The van der Waals surface area contributed by atoms with Crippen LogP contribution in [0.4, 0.5) is 0 Å². The average Bonchev–Trinajstić information content (AvgIpc) is 2.47. The zero-order chi connectivity index (χ0) is 14.5. The maximum Gasteiger partial charge on any atom is 0.374 e. The minimum Gasteiger partial charge on any atom is -0.460 e. The Balaban J connectivity index is 2.08. The van der Waals surface area contributed by atoms with E-state index in [9.17, 15) is 14.4 Å². The summed E-state index contributed by atoms with van der Waals surface area (Å²) < 4.78 is 4.62. The van der Waals surface area contributed by atoms with Crippen LogP contribution in [-0.4, -0.2) is 24.1 Å². The maximum atomic E-state index is 12.2. The van der Waals surface area contributed by atoms with Gasteiger partial charge in [0, 0.05) is 17.7 Å². The standard InChI is InChI=1S/C15H14O4S/c1-2-19-15(18)12(16)7-8-13-14(17)11-6-4-3-5-10(11)9-20-13/h3-6,8H,2,7,9H2,1H3. The molecule has 1 heterocycles. The van der Waals surface area contributed by atoms with Gasteiger partial charge in [0.25, 0.3) is 0 Å². The first-order valence-electron chi connectivity index (χ1n) is 6.29. The van der Waals surface area contributed by atoms with E-state index in [1.54, 1.807) is 13.0 Å². The second-order valence-electron chi connectivity index (χ2n) is 4.19. The van der Waals surface area contributed by atoms with Crippen molar-refractivity contribution in [2.75, 3.05) is 6.61 Å². The summed E-state index contributed by atoms with van der Waals surface area (Å²) in [6, 6.07) is 7.40. The normalized spacial score (nSPS) is 15.8. The molecule has 0 saturated carbocycles. The van der Waals surface area contributed by atoms with E-state index in [1.165, 1.54) is 17.8 Å². The van der Waals surface area contributed by atoms with Gasteiger partial charge in [-0.1, -0.05) is 30.3 Å². The van der Waals surface area contributed by atoms with Gasteiger partial charge in [0.1, 0.15) is 0 Å². The summed E-state index contributed by atoms with van der Waals surface area (Å²) in [4.78, 5) is 35.4. The van der Waals surface area contributed by atoms with Crippen LogP contribution in [-0.2, 0) is 20.1 Å². The molecule has 1 aliphatic rings. The minimum atomic E-state index is -0.849. The third-order valence-electron chi connectivity index (χ3n) is 2.84. The Labute approximate surface area is 121 Å². The smallest absolute Gasteiger partial charge is 0.374 e. The maximum absolute atomic E-state index is 12.2. The molecule has 0 N–H and O–H groups in total. The first-order chi connectivity index (χ1) is 9.63. The van der Waals surface area contributed by atoms with Crippen LogP contribution in [0, 0.1) is 0 Å². The SMILES string of the molecule is CCOC(=O)C(=O)CC=C1SCc2ccccc2C1=O. The number of ether oxygens (including phenoxy) is 1. The van der Waals surface area contributed by atoms with Gasteiger partial charge in [0.15, 0.2) is 5.78 Å². The second kappa shape index (κ2) is 6.52. The number of hydrogen-bond acceptors (Lipinski definition) is 5. The predicted octanol–water partition coefficient (Wildman–Crippen LogP) is 2.52. The van der Waals surface area contributed by atoms with Crippen LogP contribution in [0.15, 0.2) is 35.2 Å². The number of benzene rings is 1. The number of carbonyl (C=O) groups excluding carboxylic acids is 3. The van der Waals surface area contributed by atoms with Crippen molar-refractivity contribution in [2.45, 2.75) is 19.1 Å². The van der Waals surface area contributed by atoms with Crippen molar-refractivity contribution in [3.8, 4) is 0 Å². The molecule has 2 rings (SSSR count). The molecule has 0 amide bonds. The van der Waals surface area contributed by atoms with Crippen LogP contribution < -0.4 is 0 Å². The number of ketones is 2. The quantitative estimate of drug-likeness (QED) is 0.484. The van der Waals surface area contributed by atoms with E-state index in [1.807, 2.05) is 18.2 Å². The summed E-state index contributed by atoms with van der Waals surface area (Å²) >= 11 is 1.39. The molecule has 1 aliphatic heterocycles. The fourth-order valence-electron chi connectivity index (χ4n) is 1.85. The first kappa shape index (κ1) is 14.5. The average molecular weight is 290 g/mol. The van der Waals surface area contributed by atoms with E-state index in [0.717, 1.165) is 5.56 Å². The molecule has 1 aromatic rings. The Hall–Kier alpha value is -1.88. The van der Waals surface area contributed by atoms with Crippen molar-refractivity contribution < 1.29 is 19.1 Å². The summed E-state index contributed by atoms with van der Waals surface area (Å²) in [6.07, 6.45) is 1.41. The highest BCUT2D eigenvalue weighted by atomic mass is 32.2. The van der Waals surface area contributed by atoms with Crippen LogP contribution in [0.3, 0.4) is 0 Å². The highest BCUT2D eigenvalue weighted by molar-refractivity contribution is 8.03. The van der Waals surface area contributed by atoms with E-state index in [2.05, 4.69) is 4.74 Å². The number of hydrogen-bond donors (Lipinski definition) is 0. The molecule has 1 aromatic carbocycles. The lowest BCUT2D eigenvalue weighted by Gasteiger charge is -2.16. The summed E-state index contributed by atoms with van der Waals surface area (Å²) in [5.41, 5.74) is 1.66. The number of allylic oxidation sites excluding steroid dienone is 2. The van der Waals surface area contributed by atoms with E-state index in [4.69, 9.17) is 0 Å². The molecule has 4 nitrogen and oxygen atoms in total. The summed E-state index contributed by atoms with van der Waals surface area (Å²) in [6.45, 7) is 1.81. The van der Waals surface area contributed by atoms with Gasteiger partial charge in [0.05, 0.1) is 11.5 Å². The van der Waals surface area contributed by atoms with Crippen molar-refractivity contribution in [2.24, 2.45) is 0 Å². The highest BCUT2D eigenvalue weighted by Crippen LogP contribution is 2.33. The van der Waals surface area contributed by atoms with Crippen molar-refractivity contribution in [1.29, 1.82) is 0 Å². The minimum absolute atomic E-state index is 0.0893. The zero-order valence-corrected chi connectivity index (χ0v) is 11.9. The molecule has 0 bridgehead atoms. The molecule has 0 spiro atoms. The Morgan fingerprint density at radius 3 is 2.85 bits per heavy atom. The number of Topliss-reactive ketones (excluding diaryl/α,β-unsaturated/α-hetero) is 2. The fraction of sp³-hybridized carbons (Fsp3) is 0.267. The van der Waals surface area contributed by atoms with Crippen LogP contribution in [0.2, 0.25) is 0 Å². The molecular formula is C15H14O4S. The molecule has 0 radical (unpaired) electrons. The molecule has 104 valence electrons. The van der Waals surface area contributed by atoms with Gasteiger partial charge in [-0.15, -0.1) is 11.8 Å². The molecule has 0 saturated heterocycles. The number of esters is 1. The molecular weight excluding hydrogens is 276 g/mol. The lowest BCUT2D eigenvalue weighted by Crippen LogP contribution is -2.17. The van der Waals surface area contributed by atoms with Crippen molar-refractivity contribution >= 4 is 29.3 Å². The monoisotopic (exact) mass is 290 g/mol. The molecule has 0 fully saturated rings. The topological polar surface area (TPSA) is 60.4 Å². The second-order valence-corrected chi connectivity index (χ2v) is 5.21. The number of rotatable bonds is 4. The summed E-state index contributed by atoms with van der Waals surface area (Å²) in [5, 5.41) is 0. The molecule has 0 atom stereocenters. The van der Waals surface area contributed by atoms with Gasteiger partial charge >= 0.3 is 5.97 Å². The molecule has 0 aromatic heterocycles. The third-order valence-corrected chi connectivity index (χ3v) is 3.96. The van der Waals surface area contributed by atoms with Gasteiger partial charge in [0.2, 0.25) is 5.78 Å². The molecule has 20 heavy (non-hydrogen) atoms. The van der Waals surface area contributed by atoms with Crippen molar-refractivity contribution in [1.82, 2.24) is 0 Å².